The molecule has 0 saturated heterocycles. The van der Waals surface area contributed by atoms with Gasteiger partial charge in [-0.15, -0.1) is 0 Å². The molecule has 0 saturated carbocycles. The third-order valence-electron chi connectivity index (χ3n) is 0.142. The molecule has 0 aromatic rings. The Labute approximate surface area is 41.5 Å². The Morgan fingerprint density at radius 2 is 2.20 bits per heavy atom. The average molecular weight is 105 g/mol. The summed E-state index contributed by atoms with van der Waals surface area (Å²) >= 11 is 4.49. The molecule has 0 aliphatic carbocycles. The first-order chi connectivity index (χ1) is 2.27. The molecule has 0 fully saturated rings. The lowest BCUT2D eigenvalue weighted by molar-refractivity contribution is 1.74. The number of hydrogen-bond donors (Lipinski definition) is 0. The van der Waals surface area contributed by atoms with Crippen molar-refractivity contribution >= 4 is 22.5 Å². The number of hydrogen-bond acceptors (Lipinski definition) is 1. The highest BCUT2D eigenvalue weighted by molar-refractivity contribution is 8.70. The van der Waals surface area contributed by atoms with Crippen molar-refractivity contribution in [3.8, 4) is 0 Å². The van der Waals surface area contributed by atoms with Crippen LogP contribution in [0.1, 0.15) is 6.92 Å². The minimum absolute atomic E-state index is 0.986. The zero-order valence-corrected chi connectivity index (χ0v) is 4.66. The molecule has 0 N–H and O–H groups in total. The highest BCUT2D eigenvalue weighted by atomic mass is 33.1. The molecule has 0 amide bonds. The molecule has 0 aliphatic rings. The Bertz CT molecular complexity index is 40.2. The first-order valence-corrected chi connectivity index (χ1v) is 2.97. The van der Waals surface area contributed by atoms with Gasteiger partial charge in [0.2, 0.25) is 0 Å². The minimum atomic E-state index is 0.986. The van der Waals surface area contributed by atoms with E-state index in [1.54, 1.807) is 0 Å². The van der Waals surface area contributed by atoms with Gasteiger partial charge in [-0.2, -0.15) is 0 Å². The van der Waals surface area contributed by atoms with Crippen LogP contribution in [0.2, 0.25) is 0 Å². The zero-order chi connectivity index (χ0) is 4.28. The summed E-state index contributed by atoms with van der Waals surface area (Å²) in [5.41, 5.74) is 0. The van der Waals surface area contributed by atoms with Crippen LogP contribution in [0.3, 0.4) is 0 Å². The number of allylic oxidation sites excluding steroid dienone is 1. The van der Waals surface area contributed by atoms with Crippen LogP contribution in [0.15, 0.2) is 11.5 Å². The first kappa shape index (κ1) is 5.44. The standard InChI is InChI=1S/C3H5S2/c1-3(2)5-4/h1H2,2H3. The van der Waals surface area contributed by atoms with Crippen molar-refractivity contribution in [2.24, 2.45) is 0 Å². The van der Waals surface area contributed by atoms with Gasteiger partial charge in [-0.3, -0.25) is 0 Å². The van der Waals surface area contributed by atoms with Gasteiger partial charge in [-0.1, -0.05) is 17.4 Å². The topological polar surface area (TPSA) is 0 Å². The van der Waals surface area contributed by atoms with Gasteiger partial charge in [0, 0.05) is 0 Å². The fraction of sp³-hybridized carbons (Fsp3) is 0.333. The molecule has 0 atom stereocenters. The lowest BCUT2D eigenvalue weighted by Gasteiger charge is -1.76. The maximum absolute atomic E-state index is 4.49. The van der Waals surface area contributed by atoms with Gasteiger partial charge in [0.25, 0.3) is 0 Å². The molecule has 0 heterocycles. The van der Waals surface area contributed by atoms with Crippen molar-refractivity contribution in [3.05, 3.63) is 11.5 Å². The van der Waals surface area contributed by atoms with E-state index in [-0.39, 0.29) is 0 Å². The molecule has 0 spiro atoms. The van der Waals surface area contributed by atoms with E-state index in [2.05, 4.69) is 18.2 Å². The maximum Gasteiger partial charge on any atom is -0.00815 e. The van der Waals surface area contributed by atoms with Crippen molar-refractivity contribution in [2.75, 3.05) is 0 Å². The third-order valence-corrected chi connectivity index (χ3v) is 1.28. The molecule has 29 valence electrons. The van der Waals surface area contributed by atoms with Crippen LogP contribution in [0.5, 0.6) is 0 Å². The van der Waals surface area contributed by atoms with E-state index in [0.717, 1.165) is 4.91 Å². The molecular formula is C3H5S2. The van der Waals surface area contributed by atoms with Crippen LogP contribution in [-0.2, 0) is 0 Å². The molecule has 2 heteroatoms. The van der Waals surface area contributed by atoms with Crippen molar-refractivity contribution in [3.63, 3.8) is 0 Å². The van der Waals surface area contributed by atoms with E-state index in [1.165, 1.54) is 10.8 Å². The second-order valence-corrected chi connectivity index (χ2v) is 2.15. The van der Waals surface area contributed by atoms with Crippen LogP contribution >= 0.6 is 22.5 Å². The van der Waals surface area contributed by atoms with Crippen LogP contribution in [0.4, 0.5) is 0 Å². The van der Waals surface area contributed by atoms with Crippen molar-refractivity contribution < 1.29 is 0 Å². The maximum atomic E-state index is 4.49. The normalized spacial score (nSPS) is 7.60. The van der Waals surface area contributed by atoms with Gasteiger partial charge < -0.3 is 0 Å². The van der Waals surface area contributed by atoms with Crippen LogP contribution in [-0.4, -0.2) is 0 Å². The zero-order valence-electron chi connectivity index (χ0n) is 3.02. The van der Waals surface area contributed by atoms with E-state index in [0.29, 0.717) is 0 Å². The predicted molar refractivity (Wildman–Crippen MR) is 30.0 cm³/mol. The molecule has 0 bridgehead atoms. The smallest absolute Gasteiger partial charge is 0.00815 e. The van der Waals surface area contributed by atoms with Crippen molar-refractivity contribution in [2.45, 2.75) is 6.92 Å². The second kappa shape index (κ2) is 2.67. The molecule has 0 aromatic carbocycles. The summed E-state index contributed by atoms with van der Waals surface area (Å²) in [6.45, 7) is 5.42. The van der Waals surface area contributed by atoms with Crippen LogP contribution < -0.4 is 0 Å². The average Bonchev–Trinajstić information content (AvgIpc) is 1.38. The summed E-state index contributed by atoms with van der Waals surface area (Å²) in [6.07, 6.45) is 0. The largest absolute Gasteiger partial charge is 0.0889 e. The Balaban J connectivity index is 2.85. The highest BCUT2D eigenvalue weighted by Crippen LogP contribution is 2.14. The monoisotopic (exact) mass is 105 g/mol. The molecule has 0 rings (SSSR count). The van der Waals surface area contributed by atoms with Crippen LogP contribution in [0, 0.1) is 0 Å². The molecule has 0 aromatic heterocycles. The predicted octanol–water partition coefficient (Wildman–Crippen LogP) is 2.37. The molecule has 5 heavy (non-hydrogen) atoms. The van der Waals surface area contributed by atoms with E-state index >= 15 is 0 Å². The Morgan fingerprint density at radius 3 is 2.20 bits per heavy atom. The second-order valence-electron chi connectivity index (χ2n) is 0.785. The summed E-state index contributed by atoms with van der Waals surface area (Å²) in [7, 11) is 1.27. The Morgan fingerprint density at radius 1 is 2.00 bits per heavy atom. The van der Waals surface area contributed by atoms with E-state index < -0.39 is 0 Å². The molecular weight excluding hydrogens is 100 g/mol. The molecule has 1 radical (unpaired) electrons. The van der Waals surface area contributed by atoms with E-state index in [1.807, 2.05) is 6.92 Å². The summed E-state index contributed by atoms with van der Waals surface area (Å²) in [5, 5.41) is 0. The van der Waals surface area contributed by atoms with Gasteiger partial charge in [-0.05, 0) is 23.5 Å². The third kappa shape index (κ3) is 4.44. The van der Waals surface area contributed by atoms with Crippen molar-refractivity contribution in [1.29, 1.82) is 0 Å². The van der Waals surface area contributed by atoms with Crippen LogP contribution in [0.25, 0.3) is 0 Å². The van der Waals surface area contributed by atoms with E-state index in [9.17, 15) is 0 Å². The molecule has 0 unspecified atom stereocenters. The first-order valence-electron chi connectivity index (χ1n) is 1.22. The lowest BCUT2D eigenvalue weighted by atomic mass is 10.8. The molecule has 0 nitrogen and oxygen atoms in total. The van der Waals surface area contributed by atoms with Gasteiger partial charge in [0.15, 0.2) is 0 Å². The number of rotatable bonds is 1. The fourth-order valence-electron chi connectivity index (χ4n) is 0. The fourth-order valence-corrected chi connectivity index (χ4v) is 0. The van der Waals surface area contributed by atoms with Gasteiger partial charge in [0.1, 0.15) is 0 Å². The lowest BCUT2D eigenvalue weighted by Crippen LogP contribution is -1.43. The minimum Gasteiger partial charge on any atom is -0.0889 e. The van der Waals surface area contributed by atoms with Gasteiger partial charge >= 0.3 is 0 Å². The summed E-state index contributed by atoms with van der Waals surface area (Å²) < 4.78 is 0. The quantitative estimate of drug-likeness (QED) is 0.461. The van der Waals surface area contributed by atoms with Crippen molar-refractivity contribution in [1.82, 2.24) is 0 Å². The Hall–Kier alpha value is 0.440. The van der Waals surface area contributed by atoms with Gasteiger partial charge in [-0.25, -0.2) is 0 Å². The SMILES string of the molecule is C=C(C)S[S]. The summed E-state index contributed by atoms with van der Waals surface area (Å²) in [6, 6.07) is 0. The highest BCUT2D eigenvalue weighted by Gasteiger charge is 1.70. The van der Waals surface area contributed by atoms with Gasteiger partial charge in [0.05, 0.1) is 0 Å². The molecule has 0 aliphatic heterocycles. The van der Waals surface area contributed by atoms with E-state index in [4.69, 9.17) is 0 Å². The Kier molecular flexibility index (Phi) is 2.90. The summed E-state index contributed by atoms with van der Waals surface area (Å²) in [4.78, 5) is 0.986. The summed E-state index contributed by atoms with van der Waals surface area (Å²) in [5.74, 6) is 0.